The normalized spacial score (nSPS) is 10.5. The van der Waals surface area contributed by atoms with Crippen LogP contribution in [0.1, 0.15) is 40.8 Å². The highest BCUT2D eigenvalue weighted by molar-refractivity contribution is 5.95. The van der Waals surface area contributed by atoms with Gasteiger partial charge in [-0.1, -0.05) is 0 Å². The van der Waals surface area contributed by atoms with Crippen molar-refractivity contribution in [1.82, 2.24) is 15.2 Å². The van der Waals surface area contributed by atoms with E-state index >= 15 is 0 Å². The lowest BCUT2D eigenvalue weighted by atomic mass is 10.2. The zero-order valence-corrected chi connectivity index (χ0v) is 14.3. The minimum absolute atomic E-state index is 0.0850. The van der Waals surface area contributed by atoms with Crippen LogP contribution in [0.5, 0.6) is 0 Å². The Morgan fingerprint density at radius 3 is 2.54 bits per heavy atom. The fourth-order valence-corrected chi connectivity index (χ4v) is 2.44. The van der Waals surface area contributed by atoms with Crippen LogP contribution in [0, 0.1) is 13.8 Å². The Hall–Kier alpha value is -2.63. The molecule has 0 aromatic carbocycles. The van der Waals surface area contributed by atoms with Crippen LogP contribution >= 0.6 is 0 Å². The largest absolute Gasteiger partial charge is 0.466 e. The highest BCUT2D eigenvalue weighted by atomic mass is 16.3. The van der Waals surface area contributed by atoms with Gasteiger partial charge in [-0.05, 0) is 44.5 Å². The topological polar surface area (TPSA) is 75.4 Å². The molecule has 0 bridgehead atoms. The van der Waals surface area contributed by atoms with Gasteiger partial charge in [-0.15, -0.1) is 0 Å². The Bertz CT molecular complexity index is 695. The molecule has 24 heavy (non-hydrogen) atoms. The first kappa shape index (κ1) is 17.7. The molecule has 1 N–H and O–H groups in total. The lowest BCUT2D eigenvalue weighted by Gasteiger charge is -2.20. The van der Waals surface area contributed by atoms with Gasteiger partial charge in [0.25, 0.3) is 5.91 Å². The summed E-state index contributed by atoms with van der Waals surface area (Å²) in [6.07, 6.45) is 3.64. The van der Waals surface area contributed by atoms with Gasteiger partial charge in [0.05, 0.1) is 5.56 Å². The summed E-state index contributed by atoms with van der Waals surface area (Å²) in [6.45, 7) is 6.86. The second-order valence-corrected chi connectivity index (χ2v) is 5.59. The van der Waals surface area contributed by atoms with E-state index < -0.39 is 0 Å². The van der Waals surface area contributed by atoms with Gasteiger partial charge < -0.3 is 14.6 Å². The number of pyridine rings is 1. The van der Waals surface area contributed by atoms with Gasteiger partial charge >= 0.3 is 0 Å². The highest BCUT2D eigenvalue weighted by Gasteiger charge is 2.19. The molecule has 2 aromatic rings. The van der Waals surface area contributed by atoms with Crippen molar-refractivity contribution in [2.45, 2.75) is 33.7 Å². The van der Waals surface area contributed by atoms with Crippen molar-refractivity contribution in [2.24, 2.45) is 0 Å². The van der Waals surface area contributed by atoms with E-state index in [0.717, 1.165) is 5.56 Å². The quantitative estimate of drug-likeness (QED) is 0.846. The third kappa shape index (κ3) is 4.68. The molecule has 2 amide bonds. The summed E-state index contributed by atoms with van der Waals surface area (Å²) >= 11 is 0. The molecule has 0 aliphatic carbocycles. The van der Waals surface area contributed by atoms with Crippen LogP contribution in [-0.4, -0.2) is 34.8 Å². The average molecular weight is 329 g/mol. The number of hydrogen-bond donors (Lipinski definition) is 1. The standard InChI is InChI=1S/C18H23N3O3/c1-4-21(18(23)16-11-13(2)24-14(16)3)10-7-17(22)20-12-15-5-8-19-9-6-15/h5-6,8-9,11H,4,7,10,12H2,1-3H3,(H,20,22). The first-order chi connectivity index (χ1) is 11.5. The van der Waals surface area contributed by atoms with E-state index in [1.54, 1.807) is 30.3 Å². The van der Waals surface area contributed by atoms with Gasteiger partial charge in [0, 0.05) is 38.4 Å². The molecule has 0 aliphatic rings. The van der Waals surface area contributed by atoms with Gasteiger partial charge in [-0.2, -0.15) is 0 Å². The van der Waals surface area contributed by atoms with Crippen molar-refractivity contribution in [3.05, 3.63) is 53.2 Å². The van der Waals surface area contributed by atoms with E-state index in [0.29, 0.717) is 36.7 Å². The van der Waals surface area contributed by atoms with Crippen molar-refractivity contribution in [1.29, 1.82) is 0 Å². The number of nitrogens with one attached hydrogen (secondary N) is 1. The van der Waals surface area contributed by atoms with Crippen LogP contribution < -0.4 is 5.32 Å². The summed E-state index contributed by atoms with van der Waals surface area (Å²) in [5.74, 6) is 1.13. The lowest BCUT2D eigenvalue weighted by Crippen LogP contribution is -2.35. The fourth-order valence-electron chi connectivity index (χ4n) is 2.44. The van der Waals surface area contributed by atoms with Crippen LogP contribution in [0.2, 0.25) is 0 Å². The van der Waals surface area contributed by atoms with Crippen LogP contribution in [0.25, 0.3) is 0 Å². The van der Waals surface area contributed by atoms with Crippen molar-refractivity contribution in [2.75, 3.05) is 13.1 Å². The maximum Gasteiger partial charge on any atom is 0.257 e. The first-order valence-electron chi connectivity index (χ1n) is 8.03. The van der Waals surface area contributed by atoms with Crippen molar-refractivity contribution in [3.8, 4) is 0 Å². The Morgan fingerprint density at radius 1 is 1.25 bits per heavy atom. The monoisotopic (exact) mass is 329 g/mol. The summed E-state index contributed by atoms with van der Waals surface area (Å²) in [6, 6.07) is 5.45. The number of amides is 2. The van der Waals surface area contributed by atoms with Crippen LogP contribution in [0.15, 0.2) is 35.0 Å². The molecule has 128 valence electrons. The molecule has 6 nitrogen and oxygen atoms in total. The van der Waals surface area contributed by atoms with E-state index in [9.17, 15) is 9.59 Å². The third-order valence-electron chi connectivity index (χ3n) is 3.79. The Morgan fingerprint density at radius 2 is 1.96 bits per heavy atom. The van der Waals surface area contributed by atoms with Crippen molar-refractivity contribution < 1.29 is 14.0 Å². The van der Waals surface area contributed by atoms with Gasteiger partial charge in [-0.25, -0.2) is 0 Å². The molecule has 0 saturated carbocycles. The van der Waals surface area contributed by atoms with Gasteiger partial charge in [0.2, 0.25) is 5.91 Å². The van der Waals surface area contributed by atoms with Crippen LogP contribution in [0.4, 0.5) is 0 Å². The second-order valence-electron chi connectivity index (χ2n) is 5.59. The van der Waals surface area contributed by atoms with Crippen molar-refractivity contribution in [3.63, 3.8) is 0 Å². The van der Waals surface area contributed by atoms with E-state index in [-0.39, 0.29) is 18.2 Å². The Balaban J connectivity index is 1.85. The van der Waals surface area contributed by atoms with Gasteiger partial charge in [-0.3, -0.25) is 14.6 Å². The maximum atomic E-state index is 12.5. The second kappa shape index (κ2) is 8.29. The van der Waals surface area contributed by atoms with E-state index in [2.05, 4.69) is 10.3 Å². The van der Waals surface area contributed by atoms with E-state index in [1.165, 1.54) is 0 Å². The smallest absolute Gasteiger partial charge is 0.257 e. The molecule has 0 saturated heterocycles. The molecule has 2 heterocycles. The third-order valence-corrected chi connectivity index (χ3v) is 3.79. The molecule has 2 aromatic heterocycles. The molecule has 0 fully saturated rings. The highest BCUT2D eigenvalue weighted by Crippen LogP contribution is 2.16. The maximum absolute atomic E-state index is 12.5. The predicted octanol–water partition coefficient (Wildman–Crippen LogP) is 2.46. The molecule has 0 radical (unpaired) electrons. The summed E-state index contributed by atoms with van der Waals surface area (Å²) in [7, 11) is 0. The Kier molecular flexibility index (Phi) is 6.12. The molecular formula is C18H23N3O3. The zero-order valence-electron chi connectivity index (χ0n) is 14.3. The summed E-state index contributed by atoms with van der Waals surface area (Å²) in [4.78, 5) is 30.1. The molecule has 0 atom stereocenters. The number of rotatable bonds is 7. The number of nitrogens with zero attached hydrogens (tertiary/aromatic N) is 2. The van der Waals surface area contributed by atoms with E-state index in [1.807, 2.05) is 26.0 Å². The number of carbonyl (C=O) groups is 2. The van der Waals surface area contributed by atoms with Gasteiger partial charge in [0.15, 0.2) is 0 Å². The summed E-state index contributed by atoms with van der Waals surface area (Å²) < 4.78 is 5.41. The van der Waals surface area contributed by atoms with Crippen molar-refractivity contribution >= 4 is 11.8 Å². The van der Waals surface area contributed by atoms with E-state index in [4.69, 9.17) is 4.42 Å². The van der Waals surface area contributed by atoms with Crippen LogP contribution in [0.3, 0.4) is 0 Å². The summed E-state index contributed by atoms with van der Waals surface area (Å²) in [5.41, 5.74) is 1.55. The Labute approximate surface area is 141 Å². The van der Waals surface area contributed by atoms with Gasteiger partial charge in [0.1, 0.15) is 11.5 Å². The molecule has 6 heteroatoms. The first-order valence-corrected chi connectivity index (χ1v) is 8.03. The minimum Gasteiger partial charge on any atom is -0.466 e. The fraction of sp³-hybridized carbons (Fsp3) is 0.389. The number of carbonyl (C=O) groups excluding carboxylic acids is 2. The number of aromatic nitrogens is 1. The molecule has 2 rings (SSSR count). The molecule has 0 spiro atoms. The summed E-state index contributed by atoms with van der Waals surface area (Å²) in [5, 5.41) is 2.85. The molecule has 0 unspecified atom stereocenters. The number of aryl methyl sites for hydroxylation is 2. The average Bonchev–Trinajstić information content (AvgIpc) is 2.92. The molecule has 0 aliphatic heterocycles. The minimum atomic E-state index is -0.103. The molecular weight excluding hydrogens is 306 g/mol. The van der Waals surface area contributed by atoms with Crippen LogP contribution in [-0.2, 0) is 11.3 Å². The predicted molar refractivity (Wildman–Crippen MR) is 90.5 cm³/mol. The lowest BCUT2D eigenvalue weighted by molar-refractivity contribution is -0.121. The number of hydrogen-bond acceptors (Lipinski definition) is 4. The SMILES string of the molecule is CCN(CCC(=O)NCc1ccncc1)C(=O)c1cc(C)oc1C. The zero-order chi connectivity index (χ0) is 17.5. The number of furan rings is 1.